The van der Waals surface area contributed by atoms with Crippen LogP contribution in [-0.4, -0.2) is 21.8 Å². The molecular formula is C11H7Cl2F3O3. The lowest BCUT2D eigenvalue weighted by Gasteiger charge is -2.14. The van der Waals surface area contributed by atoms with E-state index in [0.717, 1.165) is 12.1 Å². The summed E-state index contributed by atoms with van der Waals surface area (Å²) in [6.45, 7) is 0. The summed E-state index contributed by atoms with van der Waals surface area (Å²) >= 11 is 11.6. The Kier molecular flexibility index (Phi) is 3.14. The molecule has 0 aliphatic heterocycles. The number of benzene rings is 1. The summed E-state index contributed by atoms with van der Waals surface area (Å²) in [4.78, 5) is 11.2. The lowest BCUT2D eigenvalue weighted by atomic mass is 9.96. The molecule has 0 aromatic heterocycles. The minimum Gasteiger partial charge on any atom is -0.480 e. The van der Waals surface area contributed by atoms with E-state index in [0.29, 0.717) is 0 Å². The van der Waals surface area contributed by atoms with Gasteiger partial charge in [0.1, 0.15) is 15.5 Å². The molecule has 0 radical (unpaired) electrons. The molecule has 19 heavy (non-hydrogen) atoms. The van der Waals surface area contributed by atoms with Gasteiger partial charge in [0.2, 0.25) is 0 Å². The van der Waals surface area contributed by atoms with Crippen LogP contribution in [0.15, 0.2) is 24.3 Å². The predicted octanol–water partition coefficient (Wildman–Crippen LogP) is 3.49. The van der Waals surface area contributed by atoms with Crippen molar-refractivity contribution in [2.24, 2.45) is 0 Å². The van der Waals surface area contributed by atoms with Crippen molar-refractivity contribution < 1.29 is 27.8 Å². The van der Waals surface area contributed by atoms with Gasteiger partial charge < -0.3 is 9.84 Å². The molecule has 1 aromatic rings. The Morgan fingerprint density at radius 1 is 1.26 bits per heavy atom. The number of carbonyl (C=O) groups is 1. The fraction of sp³-hybridized carbons (Fsp3) is 0.364. The van der Waals surface area contributed by atoms with E-state index in [-0.39, 0.29) is 12.0 Å². The summed E-state index contributed by atoms with van der Waals surface area (Å²) in [6, 6.07) is 4.47. The van der Waals surface area contributed by atoms with Gasteiger partial charge in [-0.25, -0.2) is 0 Å². The van der Waals surface area contributed by atoms with E-state index in [1.165, 1.54) is 12.1 Å². The first kappa shape index (κ1) is 14.3. The van der Waals surface area contributed by atoms with Gasteiger partial charge in [-0.05, 0) is 17.7 Å². The van der Waals surface area contributed by atoms with Gasteiger partial charge in [0, 0.05) is 6.42 Å². The van der Waals surface area contributed by atoms with Crippen LogP contribution >= 0.6 is 23.2 Å². The zero-order chi connectivity index (χ0) is 14.5. The first-order valence-electron chi connectivity index (χ1n) is 5.06. The standard InChI is InChI=1S/C11H7Cl2F3O3/c12-10(13)5-9(10,8(17)18)6-1-3-7(4-2-6)19-11(14,15)16/h1-4H,5H2,(H,17,18). The Morgan fingerprint density at radius 2 is 1.74 bits per heavy atom. The monoisotopic (exact) mass is 314 g/mol. The molecule has 1 aliphatic rings. The topological polar surface area (TPSA) is 46.5 Å². The molecule has 1 saturated carbocycles. The Bertz CT molecular complexity index is 513. The highest BCUT2D eigenvalue weighted by molar-refractivity contribution is 6.54. The molecule has 0 heterocycles. The molecule has 0 spiro atoms. The molecule has 2 rings (SSSR count). The minimum absolute atomic E-state index is 0.00206. The van der Waals surface area contributed by atoms with Crippen LogP contribution in [0.4, 0.5) is 13.2 Å². The number of ether oxygens (including phenoxy) is 1. The highest BCUT2D eigenvalue weighted by Gasteiger charge is 2.72. The number of carboxylic acids is 1. The van der Waals surface area contributed by atoms with Crippen molar-refractivity contribution in [3.05, 3.63) is 29.8 Å². The van der Waals surface area contributed by atoms with Crippen LogP contribution in [0, 0.1) is 0 Å². The maximum absolute atomic E-state index is 12.0. The quantitative estimate of drug-likeness (QED) is 0.869. The summed E-state index contributed by atoms with van der Waals surface area (Å²) in [6.07, 6.45) is -4.80. The number of alkyl halides is 5. The van der Waals surface area contributed by atoms with E-state index in [9.17, 15) is 18.0 Å². The zero-order valence-corrected chi connectivity index (χ0v) is 10.7. The van der Waals surface area contributed by atoms with Crippen molar-refractivity contribution in [1.29, 1.82) is 0 Å². The van der Waals surface area contributed by atoms with Gasteiger partial charge in [0.25, 0.3) is 0 Å². The van der Waals surface area contributed by atoms with E-state index >= 15 is 0 Å². The van der Waals surface area contributed by atoms with Crippen molar-refractivity contribution in [2.45, 2.75) is 22.5 Å². The SMILES string of the molecule is O=C(O)C1(c2ccc(OC(F)(F)F)cc2)CC1(Cl)Cl. The molecule has 0 saturated heterocycles. The third-order valence-corrected chi connectivity index (χ3v) is 3.84. The molecule has 1 fully saturated rings. The van der Waals surface area contributed by atoms with E-state index in [4.69, 9.17) is 28.3 Å². The number of hydrogen-bond acceptors (Lipinski definition) is 2. The van der Waals surface area contributed by atoms with Crippen LogP contribution in [0.2, 0.25) is 0 Å². The predicted molar refractivity (Wildman–Crippen MR) is 61.5 cm³/mol. The third-order valence-electron chi connectivity index (χ3n) is 2.93. The van der Waals surface area contributed by atoms with Crippen molar-refractivity contribution in [3.63, 3.8) is 0 Å². The fourth-order valence-electron chi connectivity index (χ4n) is 1.90. The van der Waals surface area contributed by atoms with Gasteiger partial charge in [-0.2, -0.15) is 0 Å². The van der Waals surface area contributed by atoms with E-state index in [1.54, 1.807) is 0 Å². The maximum atomic E-state index is 12.0. The van der Waals surface area contributed by atoms with Crippen LogP contribution in [0.25, 0.3) is 0 Å². The molecule has 8 heteroatoms. The normalized spacial score (nSPS) is 24.9. The van der Waals surface area contributed by atoms with Crippen LogP contribution in [-0.2, 0) is 10.2 Å². The number of aliphatic carboxylic acids is 1. The smallest absolute Gasteiger partial charge is 0.480 e. The van der Waals surface area contributed by atoms with Gasteiger partial charge in [0.05, 0.1) is 0 Å². The summed E-state index contributed by atoms with van der Waals surface area (Å²) in [5.41, 5.74) is -1.24. The van der Waals surface area contributed by atoms with Crippen molar-refractivity contribution in [1.82, 2.24) is 0 Å². The Labute approximate surface area is 115 Å². The fourth-order valence-corrected chi connectivity index (χ4v) is 2.68. The third kappa shape index (κ3) is 2.47. The highest BCUT2D eigenvalue weighted by atomic mass is 35.5. The molecule has 1 N–H and O–H groups in total. The summed E-state index contributed by atoms with van der Waals surface area (Å²) in [7, 11) is 0. The van der Waals surface area contributed by atoms with E-state index in [1.807, 2.05) is 0 Å². The maximum Gasteiger partial charge on any atom is 0.573 e. The molecule has 1 atom stereocenters. The van der Waals surface area contributed by atoms with Gasteiger partial charge in [0.15, 0.2) is 0 Å². The van der Waals surface area contributed by atoms with Crippen LogP contribution in [0.3, 0.4) is 0 Å². The van der Waals surface area contributed by atoms with Crippen molar-refractivity contribution in [2.75, 3.05) is 0 Å². The number of hydrogen-bond donors (Lipinski definition) is 1. The largest absolute Gasteiger partial charge is 0.573 e. The van der Waals surface area contributed by atoms with E-state index < -0.39 is 27.8 Å². The summed E-state index contributed by atoms with van der Waals surface area (Å²) < 4.78 is 38.2. The van der Waals surface area contributed by atoms with Gasteiger partial charge in [-0.3, -0.25) is 4.79 Å². The molecule has 0 bridgehead atoms. The second-order valence-electron chi connectivity index (χ2n) is 4.16. The molecule has 1 aliphatic carbocycles. The van der Waals surface area contributed by atoms with Crippen LogP contribution in [0.1, 0.15) is 12.0 Å². The lowest BCUT2D eigenvalue weighted by molar-refractivity contribution is -0.274. The van der Waals surface area contributed by atoms with Gasteiger partial charge in [-0.1, -0.05) is 35.3 Å². The Hall–Kier alpha value is -1.14. The lowest BCUT2D eigenvalue weighted by Crippen LogP contribution is -2.26. The Morgan fingerprint density at radius 3 is 2.05 bits per heavy atom. The first-order valence-corrected chi connectivity index (χ1v) is 5.82. The number of carboxylic acid groups (broad SMARTS) is 1. The average Bonchev–Trinajstić information content (AvgIpc) is 2.82. The van der Waals surface area contributed by atoms with Gasteiger partial charge in [-0.15, -0.1) is 13.2 Å². The number of rotatable bonds is 3. The van der Waals surface area contributed by atoms with Crippen LogP contribution < -0.4 is 4.74 Å². The summed E-state index contributed by atoms with van der Waals surface area (Å²) in [5, 5.41) is 9.17. The van der Waals surface area contributed by atoms with Crippen LogP contribution in [0.5, 0.6) is 5.75 Å². The van der Waals surface area contributed by atoms with Crippen molar-refractivity contribution in [3.8, 4) is 5.75 Å². The second-order valence-corrected chi connectivity index (χ2v) is 5.65. The van der Waals surface area contributed by atoms with Gasteiger partial charge >= 0.3 is 12.3 Å². The number of halogens is 5. The molecule has 1 unspecified atom stereocenters. The minimum atomic E-state index is -4.80. The van der Waals surface area contributed by atoms with Crippen molar-refractivity contribution >= 4 is 29.2 Å². The first-order chi connectivity index (χ1) is 8.58. The molecule has 1 aromatic carbocycles. The highest BCUT2D eigenvalue weighted by Crippen LogP contribution is 2.65. The molecule has 3 nitrogen and oxygen atoms in total. The molecule has 104 valence electrons. The Balaban J connectivity index is 2.27. The molecule has 0 amide bonds. The second kappa shape index (κ2) is 4.18. The average molecular weight is 315 g/mol. The zero-order valence-electron chi connectivity index (χ0n) is 9.17. The summed E-state index contributed by atoms with van der Waals surface area (Å²) in [5.74, 6) is -1.66. The molecular weight excluding hydrogens is 308 g/mol. The van der Waals surface area contributed by atoms with E-state index in [2.05, 4.69) is 4.74 Å².